The molecule has 0 unspecified atom stereocenters. The molecule has 0 aliphatic carbocycles. The van der Waals surface area contributed by atoms with Crippen molar-refractivity contribution < 1.29 is 13.9 Å². The number of aryl methyl sites for hydroxylation is 2. The quantitative estimate of drug-likeness (QED) is 0.922. The Labute approximate surface area is 141 Å². The Bertz CT molecular complexity index is 740. The first-order valence-corrected chi connectivity index (χ1v) is 8.51. The zero-order chi connectivity index (χ0) is 16.5. The lowest BCUT2D eigenvalue weighted by Crippen LogP contribution is -2.49. The number of fused-ring (bicyclic) bond motifs is 1. The van der Waals surface area contributed by atoms with Crippen LogP contribution >= 0.6 is 0 Å². The summed E-state index contributed by atoms with van der Waals surface area (Å²) in [5, 5.41) is 3.08. The molecule has 3 heterocycles. The average Bonchev–Trinajstić information content (AvgIpc) is 2.95. The normalized spacial score (nSPS) is 25.0. The highest BCUT2D eigenvalue weighted by atomic mass is 16.5. The SMILES string of the molecule is Cc1ccc([C@H]2CN([C@@H]3CCc4ccccc4NC3=O)CCO2)o1. The van der Waals surface area contributed by atoms with Crippen molar-refractivity contribution in [2.24, 2.45) is 0 Å². The van der Waals surface area contributed by atoms with Crippen molar-refractivity contribution in [2.75, 3.05) is 25.0 Å². The fraction of sp³-hybridized carbons (Fsp3) is 0.421. The highest BCUT2D eigenvalue weighted by Gasteiger charge is 2.34. The number of nitrogens with one attached hydrogen (secondary N) is 1. The number of furan rings is 1. The summed E-state index contributed by atoms with van der Waals surface area (Å²) < 4.78 is 11.6. The second kappa shape index (κ2) is 6.42. The summed E-state index contributed by atoms with van der Waals surface area (Å²) in [4.78, 5) is 14.9. The molecule has 5 nitrogen and oxygen atoms in total. The smallest absolute Gasteiger partial charge is 0.241 e. The van der Waals surface area contributed by atoms with Gasteiger partial charge in [-0.1, -0.05) is 18.2 Å². The summed E-state index contributed by atoms with van der Waals surface area (Å²) in [7, 11) is 0. The van der Waals surface area contributed by atoms with Crippen LogP contribution in [0.1, 0.15) is 29.6 Å². The molecule has 0 bridgehead atoms. The van der Waals surface area contributed by atoms with Gasteiger partial charge in [0, 0.05) is 18.8 Å². The van der Waals surface area contributed by atoms with Crippen molar-refractivity contribution in [1.82, 2.24) is 4.90 Å². The van der Waals surface area contributed by atoms with Crippen LogP contribution in [0.25, 0.3) is 0 Å². The van der Waals surface area contributed by atoms with Gasteiger partial charge in [-0.05, 0) is 43.5 Å². The van der Waals surface area contributed by atoms with Crippen LogP contribution in [-0.4, -0.2) is 36.5 Å². The summed E-state index contributed by atoms with van der Waals surface area (Å²) in [6, 6.07) is 11.8. The van der Waals surface area contributed by atoms with Gasteiger partial charge in [0.1, 0.15) is 17.6 Å². The third-order valence-electron chi connectivity index (χ3n) is 4.88. The molecule has 2 atom stereocenters. The van der Waals surface area contributed by atoms with Gasteiger partial charge < -0.3 is 14.5 Å². The van der Waals surface area contributed by atoms with Crippen LogP contribution in [0.3, 0.4) is 0 Å². The van der Waals surface area contributed by atoms with E-state index in [1.165, 1.54) is 5.56 Å². The van der Waals surface area contributed by atoms with Gasteiger partial charge in [0.05, 0.1) is 12.6 Å². The Balaban J connectivity index is 1.50. The minimum absolute atomic E-state index is 0.0798. The first kappa shape index (κ1) is 15.4. The Morgan fingerprint density at radius 2 is 2.08 bits per heavy atom. The third-order valence-corrected chi connectivity index (χ3v) is 4.88. The van der Waals surface area contributed by atoms with Gasteiger partial charge in [-0.2, -0.15) is 0 Å². The van der Waals surface area contributed by atoms with E-state index in [9.17, 15) is 4.79 Å². The molecule has 1 saturated heterocycles. The van der Waals surface area contributed by atoms with E-state index in [1.807, 2.05) is 37.3 Å². The van der Waals surface area contributed by atoms with Gasteiger partial charge in [0.25, 0.3) is 0 Å². The number of nitrogens with zero attached hydrogens (tertiary/aromatic N) is 1. The average molecular weight is 326 g/mol. The fourth-order valence-corrected chi connectivity index (χ4v) is 3.60. The molecule has 5 heteroatoms. The van der Waals surface area contributed by atoms with Gasteiger partial charge in [0.2, 0.25) is 5.91 Å². The fourth-order valence-electron chi connectivity index (χ4n) is 3.60. The van der Waals surface area contributed by atoms with Crippen LogP contribution in [-0.2, 0) is 16.0 Å². The van der Waals surface area contributed by atoms with Crippen LogP contribution in [0.15, 0.2) is 40.8 Å². The summed E-state index contributed by atoms with van der Waals surface area (Å²) in [5.41, 5.74) is 2.15. The second-order valence-corrected chi connectivity index (χ2v) is 6.50. The Morgan fingerprint density at radius 1 is 1.21 bits per heavy atom. The van der Waals surface area contributed by atoms with E-state index in [0.717, 1.165) is 36.6 Å². The standard InChI is InChI=1S/C19H22N2O3/c1-13-6-9-17(24-13)18-12-21(10-11-23-18)16-8-7-14-4-2-3-5-15(14)20-19(16)22/h2-6,9,16,18H,7-8,10-12H2,1H3,(H,20,22)/t16-,18-/m1/s1. The molecular weight excluding hydrogens is 304 g/mol. The number of morpholine rings is 1. The van der Waals surface area contributed by atoms with E-state index in [1.54, 1.807) is 0 Å². The summed E-state index contributed by atoms with van der Waals surface area (Å²) >= 11 is 0. The van der Waals surface area contributed by atoms with Crippen molar-refractivity contribution in [3.8, 4) is 0 Å². The van der Waals surface area contributed by atoms with Crippen molar-refractivity contribution in [3.05, 3.63) is 53.5 Å². The maximum absolute atomic E-state index is 12.7. The monoisotopic (exact) mass is 326 g/mol. The maximum atomic E-state index is 12.7. The number of anilines is 1. The van der Waals surface area contributed by atoms with E-state index in [0.29, 0.717) is 13.2 Å². The molecule has 1 aromatic carbocycles. The van der Waals surface area contributed by atoms with Crippen LogP contribution in [0.2, 0.25) is 0 Å². The largest absolute Gasteiger partial charge is 0.464 e. The molecule has 0 radical (unpaired) electrons. The van der Waals surface area contributed by atoms with Crippen LogP contribution < -0.4 is 5.32 Å². The van der Waals surface area contributed by atoms with Gasteiger partial charge in [-0.25, -0.2) is 0 Å². The number of ether oxygens (including phenoxy) is 1. The van der Waals surface area contributed by atoms with E-state index >= 15 is 0 Å². The third kappa shape index (κ3) is 2.97. The molecule has 2 aliphatic rings. The lowest BCUT2D eigenvalue weighted by atomic mass is 10.0. The van der Waals surface area contributed by atoms with E-state index in [2.05, 4.69) is 16.3 Å². The zero-order valence-electron chi connectivity index (χ0n) is 13.8. The van der Waals surface area contributed by atoms with Crippen LogP contribution in [0, 0.1) is 6.92 Å². The molecular formula is C19H22N2O3. The molecule has 0 spiro atoms. The first-order chi connectivity index (χ1) is 11.7. The Morgan fingerprint density at radius 3 is 2.92 bits per heavy atom. The van der Waals surface area contributed by atoms with Crippen LogP contribution in [0.5, 0.6) is 0 Å². The number of carbonyl (C=O) groups is 1. The van der Waals surface area contributed by atoms with Crippen molar-refractivity contribution in [2.45, 2.75) is 31.9 Å². The number of carbonyl (C=O) groups excluding carboxylic acids is 1. The number of hydrogen-bond donors (Lipinski definition) is 1. The molecule has 1 N–H and O–H groups in total. The molecule has 1 amide bonds. The highest BCUT2D eigenvalue weighted by molar-refractivity contribution is 5.96. The highest BCUT2D eigenvalue weighted by Crippen LogP contribution is 2.28. The minimum atomic E-state index is -0.125. The Hall–Kier alpha value is -2.11. The Kier molecular flexibility index (Phi) is 4.12. The van der Waals surface area contributed by atoms with E-state index < -0.39 is 0 Å². The van der Waals surface area contributed by atoms with Gasteiger partial charge in [-0.3, -0.25) is 9.69 Å². The summed E-state index contributed by atoms with van der Waals surface area (Å²) in [6.07, 6.45) is 1.62. The molecule has 1 aromatic heterocycles. The van der Waals surface area contributed by atoms with Crippen molar-refractivity contribution >= 4 is 11.6 Å². The molecule has 126 valence electrons. The number of rotatable bonds is 2. The lowest BCUT2D eigenvalue weighted by molar-refractivity contribution is -0.125. The number of amides is 1. The minimum Gasteiger partial charge on any atom is -0.464 e. The first-order valence-electron chi connectivity index (χ1n) is 8.51. The second-order valence-electron chi connectivity index (χ2n) is 6.50. The topological polar surface area (TPSA) is 54.7 Å². The molecule has 2 aliphatic heterocycles. The van der Waals surface area contributed by atoms with Crippen molar-refractivity contribution in [1.29, 1.82) is 0 Å². The molecule has 0 saturated carbocycles. The van der Waals surface area contributed by atoms with Gasteiger partial charge >= 0.3 is 0 Å². The molecule has 4 rings (SSSR count). The molecule has 2 aromatic rings. The maximum Gasteiger partial charge on any atom is 0.241 e. The van der Waals surface area contributed by atoms with E-state index in [4.69, 9.17) is 9.15 Å². The van der Waals surface area contributed by atoms with Gasteiger partial charge in [-0.15, -0.1) is 0 Å². The molecule has 1 fully saturated rings. The summed E-state index contributed by atoms with van der Waals surface area (Å²) in [5.74, 6) is 1.80. The van der Waals surface area contributed by atoms with E-state index in [-0.39, 0.29) is 18.1 Å². The van der Waals surface area contributed by atoms with Crippen molar-refractivity contribution in [3.63, 3.8) is 0 Å². The predicted molar refractivity (Wildman–Crippen MR) is 90.9 cm³/mol. The van der Waals surface area contributed by atoms with Gasteiger partial charge in [0.15, 0.2) is 0 Å². The number of hydrogen-bond acceptors (Lipinski definition) is 4. The predicted octanol–water partition coefficient (Wildman–Crippen LogP) is 2.91. The van der Waals surface area contributed by atoms with Crippen LogP contribution in [0.4, 0.5) is 5.69 Å². The summed E-state index contributed by atoms with van der Waals surface area (Å²) in [6.45, 7) is 3.99. The lowest BCUT2D eigenvalue weighted by Gasteiger charge is -2.36. The number of benzene rings is 1. The molecule has 24 heavy (non-hydrogen) atoms. The number of para-hydroxylation sites is 1. The zero-order valence-corrected chi connectivity index (χ0v) is 13.8.